The molecule has 0 aliphatic carbocycles. The Morgan fingerprint density at radius 1 is 0.486 bits per heavy atom. The van der Waals surface area contributed by atoms with Gasteiger partial charge in [0.05, 0.1) is 25.4 Å². The summed E-state index contributed by atoms with van der Waals surface area (Å²) in [7, 11) is 0. The van der Waals surface area contributed by atoms with E-state index in [2.05, 4.69) is 79.9 Å². The van der Waals surface area contributed by atoms with Crippen LogP contribution in [0.3, 0.4) is 0 Å². The van der Waals surface area contributed by atoms with Gasteiger partial charge in [-0.05, 0) is 77.0 Å². The Kier molecular flexibility index (Phi) is 48.9. The molecule has 1 rings (SSSR count). The number of aliphatic hydroxyl groups excluding tert-OH is 5. The minimum atomic E-state index is -1.58. The molecular formula is C63H113NO8. The molecule has 6 N–H and O–H groups in total. The van der Waals surface area contributed by atoms with Gasteiger partial charge in [-0.25, -0.2) is 0 Å². The van der Waals surface area contributed by atoms with Crippen molar-refractivity contribution in [3.8, 4) is 0 Å². The summed E-state index contributed by atoms with van der Waals surface area (Å²) in [6.07, 6.45) is 65.6. The first-order valence-electron chi connectivity index (χ1n) is 30.2. The maximum atomic E-state index is 13.0. The van der Waals surface area contributed by atoms with E-state index in [9.17, 15) is 30.3 Å². The fraction of sp³-hybridized carbons (Fsp3) is 0.794. The molecule has 1 aliphatic rings. The Labute approximate surface area is 442 Å². The summed E-state index contributed by atoms with van der Waals surface area (Å²) in [5, 5.41) is 54.5. The minimum absolute atomic E-state index is 0.202. The number of hydrogen-bond acceptors (Lipinski definition) is 8. The molecule has 1 fully saturated rings. The third kappa shape index (κ3) is 40.9. The van der Waals surface area contributed by atoms with Crippen LogP contribution in [0.2, 0.25) is 0 Å². The van der Waals surface area contributed by atoms with Crippen LogP contribution < -0.4 is 5.32 Å². The van der Waals surface area contributed by atoms with Crippen LogP contribution in [0.4, 0.5) is 0 Å². The normalized spacial score (nSPS) is 19.7. The van der Waals surface area contributed by atoms with Crippen molar-refractivity contribution in [2.24, 2.45) is 0 Å². The van der Waals surface area contributed by atoms with Crippen molar-refractivity contribution in [2.75, 3.05) is 13.2 Å². The van der Waals surface area contributed by atoms with Gasteiger partial charge in [-0.2, -0.15) is 0 Å². The van der Waals surface area contributed by atoms with Crippen molar-refractivity contribution < 1.29 is 39.8 Å². The van der Waals surface area contributed by atoms with E-state index in [1.807, 2.05) is 6.08 Å². The molecule has 418 valence electrons. The lowest BCUT2D eigenvalue weighted by Crippen LogP contribution is -2.60. The number of carbonyl (C=O) groups is 1. The molecule has 0 aromatic heterocycles. The Hall–Kier alpha value is -2.37. The van der Waals surface area contributed by atoms with E-state index in [0.29, 0.717) is 6.42 Å². The van der Waals surface area contributed by atoms with E-state index in [4.69, 9.17) is 9.47 Å². The van der Waals surface area contributed by atoms with Crippen molar-refractivity contribution in [3.63, 3.8) is 0 Å². The molecule has 7 atom stereocenters. The van der Waals surface area contributed by atoms with Crippen LogP contribution in [-0.4, -0.2) is 87.5 Å². The third-order valence-electron chi connectivity index (χ3n) is 14.0. The Morgan fingerprint density at radius 3 is 1.33 bits per heavy atom. The molecule has 0 radical (unpaired) electrons. The van der Waals surface area contributed by atoms with Crippen molar-refractivity contribution >= 4 is 5.91 Å². The maximum absolute atomic E-state index is 13.0. The largest absolute Gasteiger partial charge is 0.394 e. The standard InChI is InChI=1S/C63H113NO8/c1-3-5-7-9-11-13-15-17-19-21-22-23-24-25-26-27-28-29-30-31-32-33-34-35-37-38-40-42-44-46-48-50-52-57(66)56(55-71-63-62(70)61(69)60(68)58(54-65)72-63)64-59(67)53-51-49-47-45-43-41-39-36-20-18-16-14-12-10-8-6-4-2/h6,8,12,14,18,20,35,37,42,44,50,52,56-58,60-63,65-66,68-70H,3-5,7,9-11,13,15-17,19,21-34,36,38-41,43,45-49,51,53-55H2,1-2H3,(H,64,67)/b8-6-,14-12-,20-18-,37-35+,44-42+,52-50+. The van der Waals surface area contributed by atoms with Gasteiger partial charge in [0.15, 0.2) is 6.29 Å². The topological polar surface area (TPSA) is 149 Å². The number of unbranched alkanes of at least 4 members (excludes halogenated alkanes) is 31. The molecule has 9 nitrogen and oxygen atoms in total. The maximum Gasteiger partial charge on any atom is 0.220 e. The van der Waals surface area contributed by atoms with Crippen LogP contribution in [0.5, 0.6) is 0 Å². The van der Waals surface area contributed by atoms with Gasteiger partial charge in [-0.1, -0.05) is 254 Å². The van der Waals surface area contributed by atoms with E-state index < -0.39 is 49.5 Å². The van der Waals surface area contributed by atoms with Crippen LogP contribution in [0, 0.1) is 0 Å². The summed E-state index contributed by atoms with van der Waals surface area (Å²) in [5.74, 6) is -0.202. The summed E-state index contributed by atoms with van der Waals surface area (Å²) in [4.78, 5) is 13.0. The van der Waals surface area contributed by atoms with E-state index in [-0.39, 0.29) is 12.5 Å². The zero-order valence-electron chi connectivity index (χ0n) is 46.4. The second kappa shape index (κ2) is 52.1. The van der Waals surface area contributed by atoms with E-state index in [0.717, 1.165) is 77.0 Å². The second-order valence-electron chi connectivity index (χ2n) is 20.7. The lowest BCUT2D eigenvalue weighted by atomic mass is 9.99. The van der Waals surface area contributed by atoms with Gasteiger partial charge in [0.25, 0.3) is 0 Å². The number of amides is 1. The average Bonchev–Trinajstić information content (AvgIpc) is 3.38. The number of rotatable bonds is 51. The summed E-state index contributed by atoms with van der Waals surface area (Å²) >= 11 is 0. The predicted octanol–water partition coefficient (Wildman–Crippen LogP) is 15.2. The van der Waals surface area contributed by atoms with Crippen molar-refractivity contribution in [1.82, 2.24) is 5.32 Å². The molecule has 9 heteroatoms. The van der Waals surface area contributed by atoms with Gasteiger partial charge < -0.3 is 40.3 Å². The molecule has 0 spiro atoms. The quantitative estimate of drug-likeness (QED) is 0.0261. The number of carbonyl (C=O) groups excluding carboxylic acids is 1. The first kappa shape index (κ1) is 67.6. The first-order chi connectivity index (χ1) is 35.3. The lowest BCUT2D eigenvalue weighted by molar-refractivity contribution is -0.302. The van der Waals surface area contributed by atoms with Crippen LogP contribution in [0.1, 0.15) is 264 Å². The fourth-order valence-corrected chi connectivity index (χ4v) is 9.26. The first-order valence-corrected chi connectivity index (χ1v) is 30.2. The van der Waals surface area contributed by atoms with Crippen molar-refractivity contribution in [1.29, 1.82) is 0 Å². The highest BCUT2D eigenvalue weighted by Gasteiger charge is 2.44. The third-order valence-corrected chi connectivity index (χ3v) is 14.0. The zero-order chi connectivity index (χ0) is 52.2. The monoisotopic (exact) mass is 1010 g/mol. The molecule has 72 heavy (non-hydrogen) atoms. The number of allylic oxidation sites excluding steroid dienone is 11. The molecule has 1 saturated heterocycles. The van der Waals surface area contributed by atoms with Crippen molar-refractivity contribution in [3.05, 3.63) is 72.9 Å². The van der Waals surface area contributed by atoms with E-state index in [1.54, 1.807) is 6.08 Å². The fourth-order valence-electron chi connectivity index (χ4n) is 9.26. The Morgan fingerprint density at radius 2 is 0.875 bits per heavy atom. The number of aliphatic hydroxyl groups is 5. The summed E-state index contributed by atoms with van der Waals surface area (Å²) in [6.45, 7) is 3.65. The smallest absolute Gasteiger partial charge is 0.220 e. The average molecular weight is 1010 g/mol. The van der Waals surface area contributed by atoms with Gasteiger partial charge in [0.1, 0.15) is 24.4 Å². The molecule has 0 bridgehead atoms. The molecule has 1 aliphatic heterocycles. The molecular weight excluding hydrogens is 899 g/mol. The molecule has 1 amide bonds. The van der Waals surface area contributed by atoms with Crippen LogP contribution in [0.25, 0.3) is 0 Å². The lowest BCUT2D eigenvalue weighted by Gasteiger charge is -2.40. The van der Waals surface area contributed by atoms with Gasteiger partial charge in [0, 0.05) is 6.42 Å². The molecule has 0 aromatic carbocycles. The Bertz CT molecular complexity index is 1360. The van der Waals surface area contributed by atoms with Gasteiger partial charge in [0.2, 0.25) is 5.91 Å². The number of ether oxygens (including phenoxy) is 2. The minimum Gasteiger partial charge on any atom is -0.394 e. The highest BCUT2D eigenvalue weighted by Crippen LogP contribution is 2.23. The van der Waals surface area contributed by atoms with Gasteiger partial charge in [-0.3, -0.25) is 4.79 Å². The summed E-state index contributed by atoms with van der Waals surface area (Å²) in [5.41, 5.74) is 0. The van der Waals surface area contributed by atoms with Crippen LogP contribution in [-0.2, 0) is 14.3 Å². The highest BCUT2D eigenvalue weighted by molar-refractivity contribution is 5.76. The predicted molar refractivity (Wildman–Crippen MR) is 304 cm³/mol. The zero-order valence-corrected chi connectivity index (χ0v) is 46.4. The molecule has 0 saturated carbocycles. The van der Waals surface area contributed by atoms with Gasteiger partial charge >= 0.3 is 0 Å². The Balaban J connectivity index is 2.21. The van der Waals surface area contributed by atoms with Crippen LogP contribution >= 0.6 is 0 Å². The van der Waals surface area contributed by atoms with E-state index in [1.165, 1.54) is 167 Å². The van der Waals surface area contributed by atoms with Crippen LogP contribution in [0.15, 0.2) is 72.9 Å². The highest BCUT2D eigenvalue weighted by atomic mass is 16.7. The SMILES string of the molecule is CC/C=C\C/C=C\C/C=C\CCCCCCCCCC(=O)NC(COC1OC(CO)C(O)C(O)C1O)C(O)/C=C/CC/C=C/CC/C=C/CCCCCCCCCCCCCCCCCCCCCCCC. The van der Waals surface area contributed by atoms with Crippen molar-refractivity contribution in [2.45, 2.75) is 307 Å². The molecule has 7 unspecified atom stereocenters. The number of hydrogen-bond donors (Lipinski definition) is 6. The van der Waals surface area contributed by atoms with E-state index >= 15 is 0 Å². The second-order valence-corrected chi connectivity index (χ2v) is 20.7. The summed E-state index contributed by atoms with van der Waals surface area (Å²) < 4.78 is 11.2. The summed E-state index contributed by atoms with van der Waals surface area (Å²) in [6, 6.07) is -0.838. The molecule has 0 aromatic rings. The van der Waals surface area contributed by atoms with Gasteiger partial charge in [-0.15, -0.1) is 0 Å². The number of nitrogens with one attached hydrogen (secondary N) is 1. The molecule has 1 heterocycles.